The molecule has 0 atom stereocenters. The Balaban J connectivity index is 1.72. The minimum Gasteiger partial charge on any atom is -0.508 e. The zero-order valence-corrected chi connectivity index (χ0v) is 11.5. The van der Waals surface area contributed by atoms with Crippen molar-refractivity contribution in [3.63, 3.8) is 0 Å². The number of aromatic hydroxyl groups is 1. The second-order valence-corrected chi connectivity index (χ2v) is 5.26. The summed E-state index contributed by atoms with van der Waals surface area (Å²) in [4.78, 5) is 2.45. The van der Waals surface area contributed by atoms with Crippen LogP contribution in [0.25, 0.3) is 5.57 Å². The standard InChI is InChI=1S/C18H19NO/c20-18-10-4-8-16(12-18)17-9-5-11-19(14-17)13-15-6-2-1-3-7-15/h1-4,6-10,12,20H,5,11,13-14H2. The van der Waals surface area contributed by atoms with Gasteiger partial charge in [0.05, 0.1) is 0 Å². The van der Waals surface area contributed by atoms with Crippen LogP contribution in [-0.2, 0) is 6.54 Å². The van der Waals surface area contributed by atoms with E-state index in [1.54, 1.807) is 6.07 Å². The quantitative estimate of drug-likeness (QED) is 0.915. The first-order valence-corrected chi connectivity index (χ1v) is 7.06. The van der Waals surface area contributed by atoms with E-state index < -0.39 is 0 Å². The second-order valence-electron chi connectivity index (χ2n) is 5.26. The predicted octanol–water partition coefficient (Wildman–Crippen LogP) is 3.68. The highest BCUT2D eigenvalue weighted by molar-refractivity contribution is 5.68. The van der Waals surface area contributed by atoms with Crippen molar-refractivity contribution in [2.45, 2.75) is 13.0 Å². The van der Waals surface area contributed by atoms with Gasteiger partial charge in [0, 0.05) is 19.6 Å². The lowest BCUT2D eigenvalue weighted by Gasteiger charge is -2.27. The minimum absolute atomic E-state index is 0.337. The van der Waals surface area contributed by atoms with Crippen LogP contribution >= 0.6 is 0 Å². The highest BCUT2D eigenvalue weighted by Crippen LogP contribution is 2.24. The van der Waals surface area contributed by atoms with Crippen LogP contribution in [0.4, 0.5) is 0 Å². The average molecular weight is 265 g/mol. The van der Waals surface area contributed by atoms with Crippen molar-refractivity contribution >= 4 is 5.57 Å². The first kappa shape index (κ1) is 12.9. The van der Waals surface area contributed by atoms with Gasteiger partial charge in [-0.15, -0.1) is 0 Å². The van der Waals surface area contributed by atoms with Crippen LogP contribution in [0.1, 0.15) is 17.5 Å². The van der Waals surface area contributed by atoms with Crippen molar-refractivity contribution in [3.05, 3.63) is 71.8 Å². The number of hydrogen-bond acceptors (Lipinski definition) is 2. The predicted molar refractivity (Wildman–Crippen MR) is 82.4 cm³/mol. The molecule has 0 radical (unpaired) electrons. The molecule has 1 aliphatic rings. The van der Waals surface area contributed by atoms with Crippen molar-refractivity contribution in [3.8, 4) is 5.75 Å². The minimum atomic E-state index is 0.337. The number of hydrogen-bond donors (Lipinski definition) is 1. The van der Waals surface area contributed by atoms with Crippen molar-refractivity contribution in [1.82, 2.24) is 4.90 Å². The molecule has 0 spiro atoms. The number of nitrogens with zero attached hydrogens (tertiary/aromatic N) is 1. The molecule has 1 heterocycles. The van der Waals surface area contributed by atoms with Crippen LogP contribution in [0.3, 0.4) is 0 Å². The Morgan fingerprint density at radius 2 is 1.85 bits per heavy atom. The molecule has 2 nitrogen and oxygen atoms in total. The van der Waals surface area contributed by atoms with E-state index in [-0.39, 0.29) is 0 Å². The summed E-state index contributed by atoms with van der Waals surface area (Å²) in [5, 5.41) is 9.60. The van der Waals surface area contributed by atoms with Crippen molar-refractivity contribution < 1.29 is 5.11 Å². The van der Waals surface area contributed by atoms with Crippen LogP contribution in [0.5, 0.6) is 5.75 Å². The normalized spacial score (nSPS) is 15.9. The van der Waals surface area contributed by atoms with E-state index in [0.29, 0.717) is 5.75 Å². The lowest BCUT2D eigenvalue weighted by Crippen LogP contribution is -2.28. The number of rotatable bonds is 3. The fourth-order valence-electron chi connectivity index (χ4n) is 2.70. The Labute approximate surface area is 120 Å². The zero-order chi connectivity index (χ0) is 13.8. The summed E-state index contributed by atoms with van der Waals surface area (Å²) >= 11 is 0. The summed E-state index contributed by atoms with van der Waals surface area (Å²) in [6.45, 7) is 3.02. The molecule has 102 valence electrons. The molecule has 2 heteroatoms. The smallest absolute Gasteiger partial charge is 0.116 e. The molecule has 0 aliphatic carbocycles. The van der Waals surface area contributed by atoms with Gasteiger partial charge in [-0.25, -0.2) is 0 Å². The molecule has 2 aromatic carbocycles. The average Bonchev–Trinajstić information content (AvgIpc) is 2.49. The topological polar surface area (TPSA) is 23.5 Å². The van der Waals surface area contributed by atoms with Gasteiger partial charge in [-0.2, -0.15) is 0 Å². The third kappa shape index (κ3) is 3.09. The summed E-state index contributed by atoms with van der Waals surface area (Å²) in [6.07, 6.45) is 3.36. The van der Waals surface area contributed by atoms with E-state index in [1.165, 1.54) is 11.1 Å². The van der Waals surface area contributed by atoms with Gasteiger partial charge in [0.2, 0.25) is 0 Å². The first-order valence-electron chi connectivity index (χ1n) is 7.06. The Hall–Kier alpha value is -2.06. The van der Waals surface area contributed by atoms with Crippen LogP contribution < -0.4 is 0 Å². The SMILES string of the molecule is Oc1cccc(C2=CCCN(Cc3ccccc3)C2)c1. The maximum Gasteiger partial charge on any atom is 0.116 e. The molecule has 0 saturated heterocycles. The summed E-state index contributed by atoms with van der Waals surface area (Å²) in [7, 11) is 0. The van der Waals surface area contributed by atoms with Crippen LogP contribution in [0, 0.1) is 0 Å². The van der Waals surface area contributed by atoms with Gasteiger partial charge in [-0.05, 0) is 35.3 Å². The van der Waals surface area contributed by atoms with E-state index in [0.717, 1.165) is 31.6 Å². The Morgan fingerprint density at radius 3 is 2.65 bits per heavy atom. The third-order valence-electron chi connectivity index (χ3n) is 3.70. The molecule has 1 aliphatic heterocycles. The first-order chi connectivity index (χ1) is 9.81. The van der Waals surface area contributed by atoms with Gasteiger partial charge in [-0.3, -0.25) is 4.90 Å². The lowest BCUT2D eigenvalue weighted by atomic mass is 10.0. The molecule has 0 bridgehead atoms. The van der Waals surface area contributed by atoms with E-state index in [9.17, 15) is 5.11 Å². The van der Waals surface area contributed by atoms with Crippen molar-refractivity contribution in [2.24, 2.45) is 0 Å². The molecule has 20 heavy (non-hydrogen) atoms. The van der Waals surface area contributed by atoms with E-state index in [2.05, 4.69) is 47.4 Å². The van der Waals surface area contributed by atoms with Gasteiger partial charge >= 0.3 is 0 Å². The Bertz CT molecular complexity index is 604. The molecule has 0 fully saturated rings. The second kappa shape index (κ2) is 5.93. The van der Waals surface area contributed by atoms with Gasteiger partial charge in [-0.1, -0.05) is 48.5 Å². The molecule has 3 rings (SSSR count). The largest absolute Gasteiger partial charge is 0.508 e. The van der Waals surface area contributed by atoms with Crippen LogP contribution in [0.2, 0.25) is 0 Å². The summed E-state index contributed by atoms with van der Waals surface area (Å²) in [5.74, 6) is 0.337. The summed E-state index contributed by atoms with van der Waals surface area (Å²) < 4.78 is 0. The van der Waals surface area contributed by atoms with Crippen LogP contribution in [0.15, 0.2) is 60.7 Å². The molecule has 1 N–H and O–H groups in total. The molecular formula is C18H19NO. The molecule has 0 unspecified atom stereocenters. The van der Waals surface area contributed by atoms with E-state index in [1.807, 2.05) is 12.1 Å². The van der Waals surface area contributed by atoms with Gasteiger partial charge in [0.1, 0.15) is 5.75 Å². The Morgan fingerprint density at radius 1 is 1.00 bits per heavy atom. The Kier molecular flexibility index (Phi) is 3.84. The van der Waals surface area contributed by atoms with Crippen LogP contribution in [-0.4, -0.2) is 23.1 Å². The molecule has 2 aromatic rings. The number of benzene rings is 2. The molecule has 0 aromatic heterocycles. The van der Waals surface area contributed by atoms with Crippen molar-refractivity contribution in [1.29, 1.82) is 0 Å². The number of phenols is 1. The van der Waals surface area contributed by atoms with E-state index in [4.69, 9.17) is 0 Å². The lowest BCUT2D eigenvalue weighted by molar-refractivity contribution is 0.296. The van der Waals surface area contributed by atoms with Gasteiger partial charge < -0.3 is 5.11 Å². The highest BCUT2D eigenvalue weighted by atomic mass is 16.3. The van der Waals surface area contributed by atoms with E-state index >= 15 is 0 Å². The summed E-state index contributed by atoms with van der Waals surface area (Å²) in [5.41, 5.74) is 3.79. The fourth-order valence-corrected chi connectivity index (χ4v) is 2.70. The van der Waals surface area contributed by atoms with Gasteiger partial charge in [0.25, 0.3) is 0 Å². The van der Waals surface area contributed by atoms with Gasteiger partial charge in [0.15, 0.2) is 0 Å². The fraction of sp³-hybridized carbons (Fsp3) is 0.222. The highest BCUT2D eigenvalue weighted by Gasteiger charge is 2.14. The molecule has 0 amide bonds. The molecule has 0 saturated carbocycles. The van der Waals surface area contributed by atoms with Crippen molar-refractivity contribution in [2.75, 3.05) is 13.1 Å². The third-order valence-corrected chi connectivity index (χ3v) is 3.70. The maximum absolute atomic E-state index is 9.60. The monoisotopic (exact) mass is 265 g/mol. The zero-order valence-electron chi connectivity index (χ0n) is 11.5. The maximum atomic E-state index is 9.60. The molecular weight excluding hydrogens is 246 g/mol. The number of phenolic OH excluding ortho intramolecular Hbond substituents is 1. The summed E-state index contributed by atoms with van der Waals surface area (Å²) in [6, 6.07) is 18.1.